The van der Waals surface area contributed by atoms with Gasteiger partial charge in [-0.15, -0.1) is 0 Å². The zero-order valence-corrected chi connectivity index (χ0v) is 7.79. The van der Waals surface area contributed by atoms with Crippen LogP contribution in [0.25, 0.3) is 5.57 Å². The SMILES string of the molecule is C=C(C)c1cc(C)ccc1N=C=O. The molecule has 0 heterocycles. The predicted molar refractivity (Wildman–Crippen MR) is 53.7 cm³/mol. The molecular formula is C11H11NO. The van der Waals surface area contributed by atoms with E-state index in [1.54, 1.807) is 6.07 Å². The van der Waals surface area contributed by atoms with Crippen LogP contribution in [0, 0.1) is 6.92 Å². The van der Waals surface area contributed by atoms with Crippen molar-refractivity contribution in [3.63, 3.8) is 0 Å². The summed E-state index contributed by atoms with van der Waals surface area (Å²) >= 11 is 0. The molecule has 0 spiro atoms. The Morgan fingerprint density at radius 2 is 2.23 bits per heavy atom. The highest BCUT2D eigenvalue weighted by Gasteiger charge is 2.01. The molecule has 0 aliphatic rings. The molecule has 1 aromatic carbocycles. The number of aryl methyl sites for hydroxylation is 1. The molecule has 0 amide bonds. The van der Waals surface area contributed by atoms with Crippen LogP contribution in [0.5, 0.6) is 0 Å². The molecule has 2 heteroatoms. The van der Waals surface area contributed by atoms with Gasteiger partial charge >= 0.3 is 0 Å². The third-order valence-corrected chi connectivity index (χ3v) is 1.78. The molecule has 0 unspecified atom stereocenters. The second-order valence-corrected chi connectivity index (χ2v) is 3.00. The number of isocyanates is 1. The lowest BCUT2D eigenvalue weighted by molar-refractivity contribution is 0.565. The minimum atomic E-state index is 0.633. The first-order valence-electron chi connectivity index (χ1n) is 3.99. The normalized spacial score (nSPS) is 9.08. The van der Waals surface area contributed by atoms with E-state index in [0.29, 0.717) is 5.69 Å². The van der Waals surface area contributed by atoms with Gasteiger partial charge in [-0.2, -0.15) is 4.99 Å². The first-order valence-corrected chi connectivity index (χ1v) is 3.99. The maximum atomic E-state index is 10.1. The maximum Gasteiger partial charge on any atom is 0.240 e. The van der Waals surface area contributed by atoms with Gasteiger partial charge in [0.05, 0.1) is 5.69 Å². The average molecular weight is 173 g/mol. The van der Waals surface area contributed by atoms with Crippen LogP contribution in [0.4, 0.5) is 5.69 Å². The van der Waals surface area contributed by atoms with Gasteiger partial charge < -0.3 is 0 Å². The summed E-state index contributed by atoms with van der Waals surface area (Å²) in [6, 6.07) is 5.66. The van der Waals surface area contributed by atoms with Crippen molar-refractivity contribution in [3.05, 3.63) is 35.9 Å². The van der Waals surface area contributed by atoms with Crippen LogP contribution < -0.4 is 0 Å². The number of benzene rings is 1. The second kappa shape index (κ2) is 3.83. The topological polar surface area (TPSA) is 29.4 Å². The van der Waals surface area contributed by atoms with Crippen LogP contribution in [0.15, 0.2) is 29.8 Å². The van der Waals surface area contributed by atoms with Gasteiger partial charge in [-0.3, -0.25) is 0 Å². The molecule has 0 saturated heterocycles. The van der Waals surface area contributed by atoms with Crippen molar-refractivity contribution in [2.24, 2.45) is 4.99 Å². The Kier molecular flexibility index (Phi) is 2.78. The highest BCUT2D eigenvalue weighted by molar-refractivity contribution is 5.73. The Bertz CT molecular complexity index is 387. The number of nitrogens with zero attached hydrogens (tertiary/aromatic N) is 1. The molecule has 0 bridgehead atoms. The second-order valence-electron chi connectivity index (χ2n) is 3.00. The molecule has 1 aromatic rings. The molecule has 0 fully saturated rings. The van der Waals surface area contributed by atoms with E-state index in [2.05, 4.69) is 11.6 Å². The summed E-state index contributed by atoms with van der Waals surface area (Å²) in [5.41, 5.74) is 3.57. The molecule has 1 rings (SSSR count). The van der Waals surface area contributed by atoms with E-state index in [0.717, 1.165) is 16.7 Å². The number of hydrogen-bond acceptors (Lipinski definition) is 2. The van der Waals surface area contributed by atoms with Crippen LogP contribution in [0.3, 0.4) is 0 Å². The van der Waals surface area contributed by atoms with Crippen LogP contribution in [0.2, 0.25) is 0 Å². The van der Waals surface area contributed by atoms with E-state index in [1.807, 2.05) is 26.0 Å². The van der Waals surface area contributed by atoms with Crippen molar-refractivity contribution in [3.8, 4) is 0 Å². The number of carbonyl (C=O) groups excluding carboxylic acids is 1. The molecule has 0 aliphatic heterocycles. The minimum Gasteiger partial charge on any atom is -0.211 e. The standard InChI is InChI=1S/C11H11NO/c1-8(2)10-6-9(3)4-5-11(10)12-7-13/h4-6H,1H2,2-3H3. The fourth-order valence-electron chi connectivity index (χ4n) is 1.14. The van der Waals surface area contributed by atoms with E-state index < -0.39 is 0 Å². The largest absolute Gasteiger partial charge is 0.240 e. The number of rotatable bonds is 2. The number of hydrogen-bond donors (Lipinski definition) is 0. The fourth-order valence-corrected chi connectivity index (χ4v) is 1.14. The summed E-state index contributed by atoms with van der Waals surface area (Å²) < 4.78 is 0. The Labute approximate surface area is 77.6 Å². The van der Waals surface area contributed by atoms with Gasteiger partial charge in [0.1, 0.15) is 0 Å². The molecule has 0 N–H and O–H groups in total. The monoisotopic (exact) mass is 173 g/mol. The third kappa shape index (κ3) is 2.14. The first-order chi connectivity index (χ1) is 6.15. The van der Waals surface area contributed by atoms with Crippen molar-refractivity contribution < 1.29 is 4.79 Å². The van der Waals surface area contributed by atoms with Crippen LogP contribution >= 0.6 is 0 Å². The Hall–Kier alpha value is -1.66. The molecule has 0 aromatic heterocycles. The molecule has 0 atom stereocenters. The molecular weight excluding hydrogens is 162 g/mol. The van der Waals surface area contributed by atoms with E-state index >= 15 is 0 Å². The third-order valence-electron chi connectivity index (χ3n) is 1.78. The van der Waals surface area contributed by atoms with Gasteiger partial charge in [-0.1, -0.05) is 18.2 Å². The van der Waals surface area contributed by atoms with Gasteiger partial charge in [0, 0.05) is 5.56 Å². The number of aliphatic imine (C=N–C) groups is 1. The fraction of sp³-hybridized carbons (Fsp3) is 0.182. The molecule has 2 nitrogen and oxygen atoms in total. The summed E-state index contributed by atoms with van der Waals surface area (Å²) in [7, 11) is 0. The highest BCUT2D eigenvalue weighted by atomic mass is 16.1. The Morgan fingerprint density at radius 1 is 1.54 bits per heavy atom. The maximum absolute atomic E-state index is 10.1. The smallest absolute Gasteiger partial charge is 0.211 e. The zero-order valence-electron chi connectivity index (χ0n) is 7.79. The molecule has 0 radical (unpaired) electrons. The molecule has 0 aliphatic carbocycles. The highest BCUT2D eigenvalue weighted by Crippen LogP contribution is 2.25. The van der Waals surface area contributed by atoms with Gasteiger partial charge in [-0.25, -0.2) is 4.79 Å². The summed E-state index contributed by atoms with van der Waals surface area (Å²) in [6.07, 6.45) is 1.53. The summed E-state index contributed by atoms with van der Waals surface area (Å²) in [5.74, 6) is 0. The van der Waals surface area contributed by atoms with Gasteiger partial charge in [0.2, 0.25) is 6.08 Å². The van der Waals surface area contributed by atoms with Gasteiger partial charge in [0.25, 0.3) is 0 Å². The van der Waals surface area contributed by atoms with Crippen molar-refractivity contribution in [1.29, 1.82) is 0 Å². The van der Waals surface area contributed by atoms with E-state index in [-0.39, 0.29) is 0 Å². The zero-order chi connectivity index (χ0) is 9.84. The van der Waals surface area contributed by atoms with Crippen molar-refractivity contribution in [1.82, 2.24) is 0 Å². The lowest BCUT2D eigenvalue weighted by atomic mass is 10.0. The summed E-state index contributed by atoms with van der Waals surface area (Å²) in [6.45, 7) is 7.69. The first kappa shape index (κ1) is 9.43. The van der Waals surface area contributed by atoms with Crippen LogP contribution in [0.1, 0.15) is 18.1 Å². The lowest BCUT2D eigenvalue weighted by Crippen LogP contribution is -1.81. The van der Waals surface area contributed by atoms with Crippen molar-refractivity contribution in [2.75, 3.05) is 0 Å². The molecule has 13 heavy (non-hydrogen) atoms. The van der Waals surface area contributed by atoms with Crippen molar-refractivity contribution in [2.45, 2.75) is 13.8 Å². The minimum absolute atomic E-state index is 0.633. The molecule has 0 saturated carbocycles. The summed E-state index contributed by atoms with van der Waals surface area (Å²) in [4.78, 5) is 13.7. The van der Waals surface area contributed by atoms with Crippen LogP contribution in [-0.2, 0) is 4.79 Å². The Morgan fingerprint density at radius 3 is 2.77 bits per heavy atom. The summed E-state index contributed by atoms with van der Waals surface area (Å²) in [5, 5.41) is 0. The van der Waals surface area contributed by atoms with E-state index in [1.165, 1.54) is 6.08 Å². The Balaban J connectivity index is 3.34. The van der Waals surface area contributed by atoms with Gasteiger partial charge in [-0.05, 0) is 31.6 Å². The van der Waals surface area contributed by atoms with Gasteiger partial charge in [0.15, 0.2) is 0 Å². The van der Waals surface area contributed by atoms with Crippen LogP contribution in [-0.4, -0.2) is 6.08 Å². The average Bonchev–Trinajstić information content (AvgIpc) is 2.08. The van der Waals surface area contributed by atoms with E-state index in [4.69, 9.17) is 0 Å². The number of allylic oxidation sites excluding steroid dienone is 1. The molecule has 66 valence electrons. The van der Waals surface area contributed by atoms with E-state index in [9.17, 15) is 4.79 Å². The lowest BCUT2D eigenvalue weighted by Gasteiger charge is -2.04. The van der Waals surface area contributed by atoms with Crippen molar-refractivity contribution >= 4 is 17.3 Å². The predicted octanol–water partition coefficient (Wildman–Crippen LogP) is 3.00. The quantitative estimate of drug-likeness (QED) is 0.499.